The van der Waals surface area contributed by atoms with Gasteiger partial charge in [0.1, 0.15) is 5.82 Å². The lowest BCUT2D eigenvalue weighted by atomic mass is 9.99. The van der Waals surface area contributed by atoms with Crippen LogP contribution in [0.4, 0.5) is 0 Å². The van der Waals surface area contributed by atoms with Crippen molar-refractivity contribution in [3.05, 3.63) is 46.2 Å². The summed E-state index contributed by atoms with van der Waals surface area (Å²) in [5.41, 5.74) is 5.01. The SMILES string of the molecule is O=C(NNC(=O)c1cccs1)c1cnc(C2CCOCC2)nc1. The Kier molecular flexibility index (Phi) is 4.94. The molecule has 1 aliphatic rings. The number of hydrogen-bond donors (Lipinski definition) is 2. The molecule has 23 heavy (non-hydrogen) atoms. The van der Waals surface area contributed by atoms with Gasteiger partial charge in [-0.25, -0.2) is 9.97 Å². The van der Waals surface area contributed by atoms with E-state index in [-0.39, 0.29) is 11.8 Å². The highest BCUT2D eigenvalue weighted by atomic mass is 32.1. The predicted molar refractivity (Wildman–Crippen MR) is 84.1 cm³/mol. The summed E-state index contributed by atoms with van der Waals surface area (Å²) in [7, 11) is 0. The molecule has 0 atom stereocenters. The van der Waals surface area contributed by atoms with Gasteiger partial charge in [0.25, 0.3) is 11.8 Å². The third kappa shape index (κ3) is 3.91. The molecule has 2 aromatic heterocycles. The minimum Gasteiger partial charge on any atom is -0.381 e. The number of thiophene rings is 1. The molecule has 3 rings (SSSR count). The maximum Gasteiger partial charge on any atom is 0.279 e. The summed E-state index contributed by atoms with van der Waals surface area (Å²) in [5, 5.41) is 1.79. The zero-order valence-electron chi connectivity index (χ0n) is 12.3. The minimum atomic E-state index is -0.451. The first-order chi connectivity index (χ1) is 11.2. The van der Waals surface area contributed by atoms with Crippen LogP contribution in [0, 0.1) is 0 Å². The van der Waals surface area contributed by atoms with Crippen molar-refractivity contribution >= 4 is 23.2 Å². The second-order valence-electron chi connectivity index (χ2n) is 5.10. The van der Waals surface area contributed by atoms with Crippen molar-refractivity contribution in [2.75, 3.05) is 13.2 Å². The van der Waals surface area contributed by atoms with Gasteiger partial charge in [-0.2, -0.15) is 0 Å². The van der Waals surface area contributed by atoms with Gasteiger partial charge in [-0.15, -0.1) is 11.3 Å². The van der Waals surface area contributed by atoms with E-state index >= 15 is 0 Å². The number of ether oxygens (including phenoxy) is 1. The molecule has 0 aromatic carbocycles. The molecule has 0 unspecified atom stereocenters. The van der Waals surface area contributed by atoms with E-state index in [4.69, 9.17) is 4.74 Å². The highest BCUT2D eigenvalue weighted by molar-refractivity contribution is 7.12. The molecular formula is C15H16N4O3S. The molecule has 1 saturated heterocycles. The average molecular weight is 332 g/mol. The summed E-state index contributed by atoms with van der Waals surface area (Å²) >= 11 is 1.30. The molecular weight excluding hydrogens is 316 g/mol. The van der Waals surface area contributed by atoms with Crippen LogP contribution in [-0.4, -0.2) is 35.0 Å². The molecule has 2 N–H and O–H groups in total. The summed E-state index contributed by atoms with van der Waals surface area (Å²) in [5.74, 6) is 0.202. The van der Waals surface area contributed by atoms with Crippen molar-refractivity contribution in [3.8, 4) is 0 Å². The molecule has 0 saturated carbocycles. The Morgan fingerprint density at radius 3 is 2.48 bits per heavy atom. The number of amides is 2. The van der Waals surface area contributed by atoms with Crippen molar-refractivity contribution in [1.29, 1.82) is 0 Å². The van der Waals surface area contributed by atoms with E-state index in [1.165, 1.54) is 23.7 Å². The Hall–Kier alpha value is -2.32. The number of nitrogens with zero attached hydrogens (tertiary/aromatic N) is 2. The van der Waals surface area contributed by atoms with Gasteiger partial charge in [-0.1, -0.05) is 6.07 Å². The topological polar surface area (TPSA) is 93.2 Å². The fourth-order valence-corrected chi connectivity index (χ4v) is 2.90. The molecule has 2 amide bonds. The highest BCUT2D eigenvalue weighted by Gasteiger charge is 2.19. The Morgan fingerprint density at radius 2 is 1.83 bits per heavy atom. The summed E-state index contributed by atoms with van der Waals surface area (Å²) in [6.07, 6.45) is 4.74. The number of hydrazine groups is 1. The van der Waals surface area contributed by atoms with Gasteiger partial charge in [0.15, 0.2) is 0 Å². The first kappa shape index (κ1) is 15.6. The number of aromatic nitrogens is 2. The maximum atomic E-state index is 12.0. The van der Waals surface area contributed by atoms with E-state index in [1.807, 2.05) is 0 Å². The number of carbonyl (C=O) groups excluding carboxylic acids is 2. The van der Waals surface area contributed by atoms with Crippen LogP contribution in [0.25, 0.3) is 0 Å². The molecule has 1 fully saturated rings. The molecule has 0 bridgehead atoms. The molecule has 1 aliphatic heterocycles. The van der Waals surface area contributed by atoms with E-state index in [0.717, 1.165) is 18.7 Å². The number of rotatable bonds is 3. The van der Waals surface area contributed by atoms with Crippen LogP contribution in [0.5, 0.6) is 0 Å². The minimum absolute atomic E-state index is 0.277. The van der Waals surface area contributed by atoms with Crippen molar-refractivity contribution in [2.24, 2.45) is 0 Å². The number of nitrogens with one attached hydrogen (secondary N) is 2. The highest BCUT2D eigenvalue weighted by Crippen LogP contribution is 2.23. The third-order valence-corrected chi connectivity index (χ3v) is 4.42. The van der Waals surface area contributed by atoms with Gasteiger partial charge in [0.2, 0.25) is 0 Å². The normalized spacial score (nSPS) is 15.1. The molecule has 0 aliphatic carbocycles. The van der Waals surface area contributed by atoms with Crippen LogP contribution in [-0.2, 0) is 4.74 Å². The molecule has 0 radical (unpaired) electrons. The molecule has 3 heterocycles. The quantitative estimate of drug-likeness (QED) is 0.831. The van der Waals surface area contributed by atoms with Gasteiger partial charge in [0, 0.05) is 31.5 Å². The van der Waals surface area contributed by atoms with Crippen molar-refractivity contribution < 1.29 is 14.3 Å². The fraction of sp³-hybridized carbons (Fsp3) is 0.333. The molecule has 2 aromatic rings. The van der Waals surface area contributed by atoms with Crippen LogP contribution in [0.2, 0.25) is 0 Å². The Morgan fingerprint density at radius 1 is 1.13 bits per heavy atom. The zero-order chi connectivity index (χ0) is 16.1. The van der Waals surface area contributed by atoms with E-state index in [1.54, 1.807) is 17.5 Å². The summed E-state index contributed by atoms with van der Waals surface area (Å²) in [6, 6.07) is 3.45. The summed E-state index contributed by atoms with van der Waals surface area (Å²) in [4.78, 5) is 32.8. The van der Waals surface area contributed by atoms with Crippen LogP contribution < -0.4 is 10.9 Å². The van der Waals surface area contributed by atoms with E-state index in [9.17, 15) is 9.59 Å². The summed E-state index contributed by atoms with van der Waals surface area (Å²) < 4.78 is 5.31. The average Bonchev–Trinajstić information content (AvgIpc) is 3.15. The smallest absolute Gasteiger partial charge is 0.279 e. The first-order valence-corrected chi connectivity index (χ1v) is 8.16. The Labute approximate surface area is 137 Å². The first-order valence-electron chi connectivity index (χ1n) is 7.28. The van der Waals surface area contributed by atoms with E-state index < -0.39 is 5.91 Å². The van der Waals surface area contributed by atoms with Gasteiger partial charge in [-0.3, -0.25) is 20.4 Å². The lowest BCUT2D eigenvalue weighted by Crippen LogP contribution is -2.41. The lowest BCUT2D eigenvalue weighted by Gasteiger charge is -2.20. The van der Waals surface area contributed by atoms with Crippen LogP contribution >= 0.6 is 11.3 Å². The van der Waals surface area contributed by atoms with Gasteiger partial charge < -0.3 is 4.74 Å². The largest absolute Gasteiger partial charge is 0.381 e. The van der Waals surface area contributed by atoms with Crippen LogP contribution in [0.3, 0.4) is 0 Å². The monoisotopic (exact) mass is 332 g/mol. The maximum absolute atomic E-state index is 12.0. The van der Waals surface area contributed by atoms with Crippen molar-refractivity contribution in [1.82, 2.24) is 20.8 Å². The lowest BCUT2D eigenvalue weighted by molar-refractivity contribution is 0.0832. The predicted octanol–water partition coefficient (Wildman–Crippen LogP) is 1.51. The zero-order valence-corrected chi connectivity index (χ0v) is 13.1. The fourth-order valence-electron chi connectivity index (χ4n) is 2.28. The van der Waals surface area contributed by atoms with Crippen molar-refractivity contribution in [2.45, 2.75) is 18.8 Å². The van der Waals surface area contributed by atoms with E-state index in [2.05, 4.69) is 20.8 Å². The van der Waals surface area contributed by atoms with Crippen molar-refractivity contribution in [3.63, 3.8) is 0 Å². The molecule has 7 nitrogen and oxygen atoms in total. The Balaban J connectivity index is 1.56. The van der Waals surface area contributed by atoms with Crippen LogP contribution in [0.15, 0.2) is 29.9 Å². The number of hydrogen-bond acceptors (Lipinski definition) is 6. The molecule has 0 spiro atoms. The van der Waals surface area contributed by atoms with Gasteiger partial charge >= 0.3 is 0 Å². The third-order valence-electron chi connectivity index (χ3n) is 3.55. The summed E-state index contributed by atoms with van der Waals surface area (Å²) in [6.45, 7) is 1.43. The second-order valence-corrected chi connectivity index (χ2v) is 6.05. The molecule has 8 heteroatoms. The van der Waals surface area contributed by atoms with Crippen LogP contribution in [0.1, 0.15) is 44.6 Å². The Bertz CT molecular complexity index is 667. The van der Waals surface area contributed by atoms with Gasteiger partial charge in [0.05, 0.1) is 10.4 Å². The standard InChI is InChI=1S/C15H16N4O3S/c20-14(18-19-15(21)12-2-1-7-23-12)11-8-16-13(17-9-11)10-3-5-22-6-4-10/h1-2,7-10H,3-6H2,(H,18,20)(H,19,21). The number of carbonyl (C=O) groups is 2. The second kappa shape index (κ2) is 7.30. The van der Waals surface area contributed by atoms with Gasteiger partial charge in [-0.05, 0) is 24.3 Å². The van der Waals surface area contributed by atoms with E-state index in [0.29, 0.717) is 23.7 Å². The molecule has 120 valence electrons.